The minimum atomic E-state index is -0.257. The van der Waals surface area contributed by atoms with Gasteiger partial charge in [0.25, 0.3) is 0 Å². The minimum absolute atomic E-state index is 0.0460. The summed E-state index contributed by atoms with van der Waals surface area (Å²) in [7, 11) is 1.39. The van der Waals surface area contributed by atoms with Crippen LogP contribution in [-0.4, -0.2) is 32.1 Å². The lowest BCUT2D eigenvalue weighted by Gasteiger charge is -2.37. The lowest BCUT2D eigenvalue weighted by molar-refractivity contribution is -0.140. The van der Waals surface area contributed by atoms with Gasteiger partial charge >= 0.3 is 5.97 Å². The van der Waals surface area contributed by atoms with Crippen molar-refractivity contribution in [3.05, 3.63) is 47.8 Å². The van der Waals surface area contributed by atoms with Crippen molar-refractivity contribution in [2.24, 2.45) is 11.8 Å². The summed E-state index contributed by atoms with van der Waals surface area (Å²) in [6.45, 7) is 0.578. The van der Waals surface area contributed by atoms with Crippen LogP contribution >= 0.6 is 0 Å². The molecule has 1 aromatic carbocycles. The zero-order chi connectivity index (χ0) is 18.6. The van der Waals surface area contributed by atoms with E-state index in [-0.39, 0.29) is 35.1 Å². The van der Waals surface area contributed by atoms with Crippen molar-refractivity contribution in [1.82, 2.24) is 0 Å². The topological polar surface area (TPSA) is 52.6 Å². The number of unbranched alkanes of at least 4 members (excludes halogenated alkanes) is 1. The third kappa shape index (κ3) is 3.58. The molecule has 0 unspecified atom stereocenters. The van der Waals surface area contributed by atoms with Crippen LogP contribution in [0.25, 0.3) is 0 Å². The summed E-state index contributed by atoms with van der Waals surface area (Å²) >= 11 is 0. The highest BCUT2D eigenvalue weighted by molar-refractivity contribution is 5.69. The number of hydrogen-bond acceptors (Lipinski definition) is 4. The Labute approximate surface area is 153 Å². The SMILES string of the molecule is COC(=O)CCCC=CC[C@@H]1[C@@H](C=O)[C@H]2C[C@]1(c1ccc(F)cc1)CO2. The highest BCUT2D eigenvalue weighted by atomic mass is 19.1. The first kappa shape index (κ1) is 18.8. The van der Waals surface area contributed by atoms with E-state index in [1.165, 1.54) is 19.2 Å². The number of aldehydes is 1. The first-order chi connectivity index (χ1) is 12.6. The molecule has 140 valence electrons. The van der Waals surface area contributed by atoms with E-state index in [1.807, 2.05) is 12.1 Å². The predicted molar refractivity (Wildman–Crippen MR) is 95.1 cm³/mol. The van der Waals surface area contributed by atoms with Crippen molar-refractivity contribution >= 4 is 12.3 Å². The highest BCUT2D eigenvalue weighted by Gasteiger charge is 2.59. The number of benzene rings is 1. The third-order valence-electron chi connectivity index (χ3n) is 5.84. The van der Waals surface area contributed by atoms with Crippen LogP contribution in [0.3, 0.4) is 0 Å². The number of methoxy groups -OCH3 is 1. The molecule has 1 saturated carbocycles. The Kier molecular flexibility index (Phi) is 5.87. The molecule has 2 fully saturated rings. The number of hydrogen-bond donors (Lipinski definition) is 0. The molecule has 3 rings (SSSR count). The van der Waals surface area contributed by atoms with Gasteiger partial charge in [-0.1, -0.05) is 24.3 Å². The molecule has 1 aliphatic carbocycles. The van der Waals surface area contributed by atoms with E-state index < -0.39 is 0 Å². The first-order valence-electron chi connectivity index (χ1n) is 9.15. The van der Waals surface area contributed by atoms with Crippen LogP contribution in [0.5, 0.6) is 0 Å². The molecule has 0 spiro atoms. The van der Waals surface area contributed by atoms with E-state index in [0.29, 0.717) is 13.0 Å². The minimum Gasteiger partial charge on any atom is -0.469 e. The predicted octanol–water partition coefficient (Wildman–Crippen LogP) is 3.59. The molecule has 5 heteroatoms. The largest absolute Gasteiger partial charge is 0.469 e. The molecule has 2 aliphatic rings. The molecular weight excluding hydrogens is 335 g/mol. The second-order valence-electron chi connectivity index (χ2n) is 7.21. The summed E-state index contributed by atoms with van der Waals surface area (Å²) in [6, 6.07) is 6.60. The molecule has 26 heavy (non-hydrogen) atoms. The summed E-state index contributed by atoms with van der Waals surface area (Å²) < 4.78 is 23.8. The lowest BCUT2D eigenvalue weighted by atomic mass is 9.69. The molecule has 1 aliphatic heterocycles. The standard InChI is InChI=1S/C21H25FO4/c1-25-20(24)7-5-3-2-4-6-18-17(13-23)19-12-21(18,14-26-19)15-8-10-16(22)11-9-15/h2,4,8-11,13,17-19H,3,5-7,12,14H2,1H3/t17-,18-,19-,21-/m1/s1. The second kappa shape index (κ2) is 8.12. The Morgan fingerprint density at radius 3 is 2.81 bits per heavy atom. The fraction of sp³-hybridized carbons (Fsp3) is 0.524. The van der Waals surface area contributed by atoms with Crippen molar-refractivity contribution in [2.45, 2.75) is 43.6 Å². The third-order valence-corrected chi connectivity index (χ3v) is 5.84. The van der Waals surface area contributed by atoms with E-state index in [4.69, 9.17) is 4.74 Å². The molecule has 1 heterocycles. The number of carbonyl (C=O) groups excluding carboxylic acids is 2. The van der Waals surface area contributed by atoms with E-state index in [0.717, 1.165) is 37.5 Å². The van der Waals surface area contributed by atoms with Crippen LogP contribution in [0.2, 0.25) is 0 Å². The fourth-order valence-electron chi connectivity index (χ4n) is 4.45. The monoisotopic (exact) mass is 360 g/mol. The van der Waals surface area contributed by atoms with Gasteiger partial charge in [0.2, 0.25) is 0 Å². The molecule has 0 N–H and O–H groups in total. The average molecular weight is 360 g/mol. The van der Waals surface area contributed by atoms with Gasteiger partial charge in [0.05, 0.1) is 19.8 Å². The number of carbonyl (C=O) groups is 2. The Morgan fingerprint density at radius 2 is 2.12 bits per heavy atom. The van der Waals surface area contributed by atoms with Crippen LogP contribution in [0.15, 0.2) is 36.4 Å². The van der Waals surface area contributed by atoms with Crippen LogP contribution in [0.4, 0.5) is 4.39 Å². The van der Waals surface area contributed by atoms with Gasteiger partial charge in [-0.15, -0.1) is 0 Å². The molecule has 0 aromatic heterocycles. The molecule has 2 bridgehead atoms. The summed E-state index contributed by atoms with van der Waals surface area (Å²) in [5, 5.41) is 0. The first-order valence-corrected chi connectivity index (χ1v) is 9.15. The summed E-state index contributed by atoms with van der Waals surface area (Å²) in [5.74, 6) is -0.429. The fourth-order valence-corrected chi connectivity index (χ4v) is 4.45. The number of allylic oxidation sites excluding steroid dienone is 2. The van der Waals surface area contributed by atoms with Crippen molar-refractivity contribution in [1.29, 1.82) is 0 Å². The Bertz CT molecular complexity index is 669. The highest BCUT2D eigenvalue weighted by Crippen LogP contribution is 2.55. The van der Waals surface area contributed by atoms with Crippen LogP contribution in [0.1, 0.15) is 37.7 Å². The van der Waals surface area contributed by atoms with E-state index in [1.54, 1.807) is 0 Å². The lowest BCUT2D eigenvalue weighted by Crippen LogP contribution is -2.40. The van der Waals surface area contributed by atoms with Gasteiger partial charge in [0.15, 0.2) is 0 Å². The maximum absolute atomic E-state index is 13.3. The summed E-state index contributed by atoms with van der Waals surface area (Å²) in [6.07, 6.45) is 8.69. The Hall–Kier alpha value is -2.01. The summed E-state index contributed by atoms with van der Waals surface area (Å²) in [4.78, 5) is 22.8. The number of halogens is 1. The van der Waals surface area contributed by atoms with Gasteiger partial charge in [-0.3, -0.25) is 4.79 Å². The number of esters is 1. The normalized spacial score (nSPS) is 30.0. The number of rotatable bonds is 8. The smallest absolute Gasteiger partial charge is 0.305 e. The number of ether oxygens (including phenoxy) is 2. The molecule has 0 radical (unpaired) electrons. The van der Waals surface area contributed by atoms with Gasteiger partial charge in [0.1, 0.15) is 12.1 Å². The van der Waals surface area contributed by atoms with Gasteiger partial charge in [0, 0.05) is 17.8 Å². The quantitative estimate of drug-likeness (QED) is 0.308. The van der Waals surface area contributed by atoms with E-state index in [9.17, 15) is 14.0 Å². The van der Waals surface area contributed by atoms with E-state index >= 15 is 0 Å². The van der Waals surface area contributed by atoms with Crippen LogP contribution in [-0.2, 0) is 24.5 Å². The van der Waals surface area contributed by atoms with Gasteiger partial charge in [-0.25, -0.2) is 4.39 Å². The second-order valence-corrected chi connectivity index (χ2v) is 7.21. The van der Waals surface area contributed by atoms with E-state index in [2.05, 4.69) is 16.9 Å². The maximum Gasteiger partial charge on any atom is 0.305 e. The molecule has 4 nitrogen and oxygen atoms in total. The molecule has 0 amide bonds. The van der Waals surface area contributed by atoms with Crippen LogP contribution < -0.4 is 0 Å². The molecule has 1 saturated heterocycles. The number of fused-ring (bicyclic) bond motifs is 2. The van der Waals surface area contributed by atoms with Crippen molar-refractivity contribution in [3.63, 3.8) is 0 Å². The van der Waals surface area contributed by atoms with Gasteiger partial charge in [-0.05, 0) is 49.3 Å². The average Bonchev–Trinajstić information content (AvgIpc) is 3.22. The van der Waals surface area contributed by atoms with Gasteiger partial charge in [-0.2, -0.15) is 0 Å². The van der Waals surface area contributed by atoms with Crippen molar-refractivity contribution in [2.75, 3.05) is 13.7 Å². The molecular formula is C21H25FO4. The van der Waals surface area contributed by atoms with Crippen LogP contribution in [0, 0.1) is 17.7 Å². The molecule has 1 aromatic rings. The van der Waals surface area contributed by atoms with Crippen molar-refractivity contribution < 1.29 is 23.5 Å². The summed E-state index contributed by atoms with van der Waals surface area (Å²) in [5.41, 5.74) is 0.829. The van der Waals surface area contributed by atoms with Crippen molar-refractivity contribution in [3.8, 4) is 0 Å². The maximum atomic E-state index is 13.3. The Morgan fingerprint density at radius 1 is 1.35 bits per heavy atom. The zero-order valence-electron chi connectivity index (χ0n) is 15.0. The molecule has 4 atom stereocenters. The zero-order valence-corrected chi connectivity index (χ0v) is 15.0. The van der Waals surface area contributed by atoms with Gasteiger partial charge < -0.3 is 14.3 Å². The Balaban J connectivity index is 1.68.